The third-order valence-corrected chi connectivity index (χ3v) is 4.93. The van der Waals surface area contributed by atoms with E-state index < -0.39 is 0 Å². The topological polar surface area (TPSA) is 55.6 Å². The lowest BCUT2D eigenvalue weighted by molar-refractivity contribution is -0.135. The van der Waals surface area contributed by atoms with Gasteiger partial charge in [0.1, 0.15) is 0 Å². The fraction of sp³-hybridized carbons (Fsp3) is 0.562. The summed E-state index contributed by atoms with van der Waals surface area (Å²) >= 11 is 1.90. The summed E-state index contributed by atoms with van der Waals surface area (Å²) in [5, 5.41) is 0. The Bertz CT molecular complexity index is 466. The average molecular weight is 345 g/mol. The molecule has 1 aliphatic rings. The van der Waals surface area contributed by atoms with E-state index in [-0.39, 0.29) is 30.5 Å². The Labute approximate surface area is 143 Å². The van der Waals surface area contributed by atoms with Gasteiger partial charge in [-0.25, -0.2) is 0 Å². The lowest BCUT2D eigenvalue weighted by Crippen LogP contribution is -2.43. The van der Waals surface area contributed by atoms with Crippen LogP contribution in [0.25, 0.3) is 0 Å². The first-order valence-corrected chi connectivity index (χ1v) is 8.47. The van der Waals surface area contributed by atoms with Gasteiger partial charge in [-0.2, -0.15) is 11.8 Å². The molecule has 1 aliphatic heterocycles. The number of benzene rings is 1. The zero-order valence-corrected chi connectivity index (χ0v) is 14.8. The lowest BCUT2D eigenvalue weighted by Gasteiger charge is -2.36. The molecule has 1 aromatic carbocycles. The Morgan fingerprint density at radius 2 is 2.14 bits per heavy atom. The number of methoxy groups -OCH3 is 1. The van der Waals surface area contributed by atoms with Gasteiger partial charge >= 0.3 is 0 Å². The number of nitrogens with zero attached hydrogens (tertiary/aromatic N) is 1. The van der Waals surface area contributed by atoms with Crippen LogP contribution in [0, 0.1) is 6.92 Å². The molecule has 1 saturated heterocycles. The van der Waals surface area contributed by atoms with E-state index in [2.05, 4.69) is 31.2 Å². The minimum atomic E-state index is -0.189. The summed E-state index contributed by atoms with van der Waals surface area (Å²) in [5.41, 5.74) is 8.07. The van der Waals surface area contributed by atoms with Gasteiger partial charge in [-0.05, 0) is 12.5 Å². The summed E-state index contributed by atoms with van der Waals surface area (Å²) in [7, 11) is 1.61. The highest BCUT2D eigenvalue weighted by atomic mass is 35.5. The molecule has 0 bridgehead atoms. The van der Waals surface area contributed by atoms with Crippen LogP contribution in [0.5, 0.6) is 0 Å². The summed E-state index contributed by atoms with van der Waals surface area (Å²) in [4.78, 5) is 14.5. The number of hydrogen-bond acceptors (Lipinski definition) is 4. The van der Waals surface area contributed by atoms with Crippen molar-refractivity contribution in [1.29, 1.82) is 0 Å². The highest BCUT2D eigenvalue weighted by Crippen LogP contribution is 2.30. The van der Waals surface area contributed by atoms with Gasteiger partial charge in [-0.1, -0.05) is 29.8 Å². The normalized spacial score (nSPS) is 19.4. The van der Waals surface area contributed by atoms with Crippen LogP contribution in [-0.2, 0) is 9.53 Å². The number of rotatable bonds is 5. The summed E-state index contributed by atoms with van der Waals surface area (Å²) in [6.07, 6.45) is 0.172. The van der Waals surface area contributed by atoms with Crippen molar-refractivity contribution in [3.05, 3.63) is 35.4 Å². The molecule has 2 N–H and O–H groups in total. The van der Waals surface area contributed by atoms with Crippen LogP contribution in [0.3, 0.4) is 0 Å². The monoisotopic (exact) mass is 344 g/mol. The van der Waals surface area contributed by atoms with Crippen LogP contribution in [-0.4, -0.2) is 48.6 Å². The third kappa shape index (κ3) is 4.88. The second kappa shape index (κ2) is 9.40. The van der Waals surface area contributed by atoms with E-state index in [4.69, 9.17) is 10.5 Å². The first kappa shape index (κ1) is 19.3. The molecule has 2 atom stereocenters. The molecule has 2 unspecified atom stereocenters. The van der Waals surface area contributed by atoms with Gasteiger partial charge in [0.2, 0.25) is 5.91 Å². The van der Waals surface area contributed by atoms with Crippen molar-refractivity contribution in [2.24, 2.45) is 5.73 Å². The Morgan fingerprint density at radius 3 is 2.73 bits per heavy atom. The maximum atomic E-state index is 12.6. The summed E-state index contributed by atoms with van der Waals surface area (Å²) in [5.74, 6) is 2.09. The number of hydrogen-bond donors (Lipinski definition) is 1. The highest BCUT2D eigenvalue weighted by molar-refractivity contribution is 7.99. The molecule has 0 spiro atoms. The van der Waals surface area contributed by atoms with Crippen molar-refractivity contribution in [3.8, 4) is 0 Å². The van der Waals surface area contributed by atoms with Crippen molar-refractivity contribution >= 4 is 30.1 Å². The van der Waals surface area contributed by atoms with E-state index in [0.29, 0.717) is 13.0 Å². The first-order valence-electron chi connectivity index (χ1n) is 7.32. The van der Waals surface area contributed by atoms with E-state index in [1.54, 1.807) is 7.11 Å². The summed E-state index contributed by atoms with van der Waals surface area (Å²) < 4.78 is 5.24. The predicted molar refractivity (Wildman–Crippen MR) is 94.7 cm³/mol. The van der Waals surface area contributed by atoms with Gasteiger partial charge < -0.3 is 15.4 Å². The predicted octanol–water partition coefficient (Wildman–Crippen LogP) is 2.40. The molecule has 0 saturated carbocycles. The molecule has 22 heavy (non-hydrogen) atoms. The van der Waals surface area contributed by atoms with Crippen molar-refractivity contribution in [2.75, 3.05) is 31.7 Å². The molecule has 1 amide bonds. The smallest absolute Gasteiger partial charge is 0.225 e. The van der Waals surface area contributed by atoms with Crippen molar-refractivity contribution in [3.63, 3.8) is 0 Å². The maximum Gasteiger partial charge on any atom is 0.225 e. The Hall–Kier alpha value is -0.750. The average Bonchev–Trinajstić information content (AvgIpc) is 2.53. The minimum Gasteiger partial charge on any atom is -0.380 e. The van der Waals surface area contributed by atoms with Crippen molar-refractivity contribution in [1.82, 2.24) is 4.90 Å². The molecular weight excluding hydrogens is 320 g/mol. The van der Waals surface area contributed by atoms with Crippen LogP contribution in [0.2, 0.25) is 0 Å². The molecule has 124 valence electrons. The number of amides is 1. The zero-order chi connectivity index (χ0) is 15.2. The quantitative estimate of drug-likeness (QED) is 0.891. The van der Waals surface area contributed by atoms with E-state index in [9.17, 15) is 4.79 Å². The van der Waals surface area contributed by atoms with E-state index in [1.807, 2.05) is 16.7 Å². The summed E-state index contributed by atoms with van der Waals surface area (Å²) in [6.45, 7) is 3.25. The molecule has 6 heteroatoms. The van der Waals surface area contributed by atoms with Crippen LogP contribution in [0.1, 0.15) is 23.6 Å². The number of nitrogens with two attached hydrogens (primary N) is 1. The molecule has 1 fully saturated rings. The number of thioether (sulfide) groups is 1. The second-order valence-corrected chi connectivity index (χ2v) is 6.54. The van der Waals surface area contributed by atoms with Gasteiger partial charge in [0.05, 0.1) is 18.6 Å². The van der Waals surface area contributed by atoms with Crippen LogP contribution in [0.15, 0.2) is 24.3 Å². The molecule has 0 aromatic heterocycles. The minimum absolute atomic E-state index is 0. The number of carbonyl (C=O) groups excluding carboxylic acids is 1. The standard InChI is InChI=1S/C16H24N2O2S.ClH/c1-12-3-5-13(6-4-12)15-11-21-8-7-18(15)16(19)9-14(10-17)20-2;/h3-6,14-15H,7-11,17H2,1-2H3;1H. The zero-order valence-electron chi connectivity index (χ0n) is 13.2. The van der Waals surface area contributed by atoms with Gasteiger partial charge in [0.25, 0.3) is 0 Å². The Kier molecular flexibility index (Phi) is 8.25. The van der Waals surface area contributed by atoms with Gasteiger partial charge in [-0.3, -0.25) is 4.79 Å². The number of halogens is 1. The highest BCUT2D eigenvalue weighted by Gasteiger charge is 2.29. The van der Waals surface area contributed by atoms with E-state index in [1.165, 1.54) is 11.1 Å². The van der Waals surface area contributed by atoms with Gasteiger partial charge in [-0.15, -0.1) is 12.4 Å². The summed E-state index contributed by atoms with van der Waals surface area (Å²) in [6, 6.07) is 8.63. The van der Waals surface area contributed by atoms with Gasteiger partial charge in [0.15, 0.2) is 0 Å². The third-order valence-electron chi connectivity index (χ3n) is 3.91. The van der Waals surface area contributed by atoms with Crippen molar-refractivity contribution < 1.29 is 9.53 Å². The maximum absolute atomic E-state index is 12.6. The Morgan fingerprint density at radius 1 is 1.45 bits per heavy atom. The first-order chi connectivity index (χ1) is 10.2. The van der Waals surface area contributed by atoms with Crippen LogP contribution < -0.4 is 5.73 Å². The molecular formula is C16H25ClN2O2S. The fourth-order valence-electron chi connectivity index (χ4n) is 2.54. The number of ether oxygens (including phenoxy) is 1. The molecule has 4 nitrogen and oxygen atoms in total. The van der Waals surface area contributed by atoms with Crippen LogP contribution >= 0.6 is 24.2 Å². The Balaban J connectivity index is 0.00000242. The molecule has 2 rings (SSSR count). The molecule has 0 aliphatic carbocycles. The van der Waals surface area contributed by atoms with E-state index in [0.717, 1.165) is 18.1 Å². The number of carbonyl (C=O) groups is 1. The van der Waals surface area contributed by atoms with Crippen LogP contribution in [0.4, 0.5) is 0 Å². The SMILES string of the molecule is COC(CN)CC(=O)N1CCSCC1c1ccc(C)cc1.Cl. The van der Waals surface area contributed by atoms with Crippen molar-refractivity contribution in [2.45, 2.75) is 25.5 Å². The molecule has 0 radical (unpaired) electrons. The molecule has 1 heterocycles. The fourth-order valence-corrected chi connectivity index (χ4v) is 3.63. The number of aryl methyl sites for hydroxylation is 1. The van der Waals surface area contributed by atoms with E-state index >= 15 is 0 Å². The largest absolute Gasteiger partial charge is 0.380 e. The second-order valence-electron chi connectivity index (χ2n) is 5.39. The van der Waals surface area contributed by atoms with Gasteiger partial charge in [0, 0.05) is 31.7 Å². The molecule has 1 aromatic rings. The lowest BCUT2D eigenvalue weighted by atomic mass is 10.0.